The molecule has 0 aliphatic heterocycles. The predicted octanol–water partition coefficient (Wildman–Crippen LogP) is 4.87. The Hall–Kier alpha value is -3.65. The monoisotopic (exact) mass is 414 g/mol. The van der Waals surface area contributed by atoms with Gasteiger partial charge in [-0.05, 0) is 60.6 Å². The first-order valence-corrected chi connectivity index (χ1v) is 10.0. The molecule has 0 saturated heterocycles. The van der Waals surface area contributed by atoms with E-state index in [2.05, 4.69) is 25.1 Å². The van der Waals surface area contributed by atoms with Crippen molar-refractivity contribution in [2.75, 3.05) is 0 Å². The van der Waals surface area contributed by atoms with E-state index in [0.29, 0.717) is 26.9 Å². The molecule has 5 rings (SSSR count). The van der Waals surface area contributed by atoms with Gasteiger partial charge in [0.2, 0.25) is 5.16 Å². The smallest absolute Gasteiger partial charge is 0.202 e. The number of benzene rings is 2. The van der Waals surface area contributed by atoms with Gasteiger partial charge < -0.3 is 0 Å². The van der Waals surface area contributed by atoms with E-state index in [4.69, 9.17) is 0 Å². The van der Waals surface area contributed by atoms with E-state index in [1.807, 2.05) is 47.9 Å². The third kappa shape index (κ3) is 3.31. The molecule has 0 aliphatic carbocycles. The fraction of sp³-hybridized carbons (Fsp3) is 0.0455. The summed E-state index contributed by atoms with van der Waals surface area (Å²) in [5.41, 5.74) is 3.60. The van der Waals surface area contributed by atoms with Gasteiger partial charge in [0.15, 0.2) is 5.82 Å². The van der Waals surface area contributed by atoms with E-state index in [0.717, 1.165) is 16.8 Å². The molecule has 3 aromatic heterocycles. The first-order chi connectivity index (χ1) is 14.7. The largest absolute Gasteiger partial charge is 0.269 e. The fourth-order valence-corrected chi connectivity index (χ4v) is 4.13. The van der Waals surface area contributed by atoms with Crippen LogP contribution in [0.5, 0.6) is 0 Å². The summed E-state index contributed by atoms with van der Waals surface area (Å²) in [5.74, 6) is 0.357. The van der Waals surface area contributed by atoms with Crippen molar-refractivity contribution in [2.45, 2.75) is 17.1 Å². The molecule has 0 amide bonds. The Morgan fingerprint density at radius 1 is 0.933 bits per heavy atom. The molecule has 0 spiro atoms. The Balaban J connectivity index is 1.70. The van der Waals surface area contributed by atoms with Crippen molar-refractivity contribution in [1.82, 2.24) is 29.7 Å². The van der Waals surface area contributed by atoms with Crippen LogP contribution in [0.25, 0.3) is 28.0 Å². The van der Waals surface area contributed by atoms with Crippen molar-refractivity contribution in [3.8, 4) is 17.1 Å². The Kier molecular flexibility index (Phi) is 4.68. The number of fused-ring (bicyclic) bond motifs is 1. The molecule has 0 aliphatic rings. The van der Waals surface area contributed by atoms with Gasteiger partial charge in [0.05, 0.1) is 11.2 Å². The summed E-state index contributed by atoms with van der Waals surface area (Å²) in [6.07, 6.45) is 4.92. The number of hydrogen-bond acceptors (Lipinski definition) is 6. The van der Waals surface area contributed by atoms with Gasteiger partial charge >= 0.3 is 0 Å². The highest BCUT2D eigenvalue weighted by atomic mass is 32.2. The lowest BCUT2D eigenvalue weighted by Crippen LogP contribution is -2.02. The van der Waals surface area contributed by atoms with Gasteiger partial charge in [0.25, 0.3) is 0 Å². The molecule has 0 saturated carbocycles. The van der Waals surface area contributed by atoms with Crippen LogP contribution in [0.2, 0.25) is 0 Å². The molecule has 2 aromatic carbocycles. The maximum atomic E-state index is 13.9. The molecule has 0 bridgehead atoms. The van der Waals surface area contributed by atoms with E-state index in [-0.39, 0.29) is 5.82 Å². The van der Waals surface area contributed by atoms with Crippen molar-refractivity contribution in [1.29, 1.82) is 0 Å². The standard InChI is InChI=1S/C22H15FN6S/c1-14-4-2-3-5-19(14)29-20(15-8-10-24-11-9-15)27-28-22(29)30-21-17-12-16(23)6-7-18(17)25-13-26-21/h2-13H,1H3. The van der Waals surface area contributed by atoms with Crippen LogP contribution >= 0.6 is 11.8 Å². The van der Waals surface area contributed by atoms with Gasteiger partial charge in [0.1, 0.15) is 17.2 Å². The van der Waals surface area contributed by atoms with Gasteiger partial charge in [-0.2, -0.15) is 0 Å². The molecular weight excluding hydrogens is 399 g/mol. The summed E-state index contributed by atoms with van der Waals surface area (Å²) in [5, 5.41) is 10.8. The van der Waals surface area contributed by atoms with E-state index < -0.39 is 0 Å². The third-order valence-corrected chi connectivity index (χ3v) is 5.64. The van der Waals surface area contributed by atoms with Gasteiger partial charge in [-0.25, -0.2) is 14.4 Å². The van der Waals surface area contributed by atoms with Crippen molar-refractivity contribution >= 4 is 22.7 Å². The molecule has 3 heterocycles. The third-order valence-electron chi connectivity index (χ3n) is 4.68. The molecule has 30 heavy (non-hydrogen) atoms. The van der Waals surface area contributed by atoms with Crippen LogP contribution in [-0.4, -0.2) is 29.7 Å². The minimum absolute atomic E-state index is 0.336. The summed E-state index contributed by atoms with van der Waals surface area (Å²) in [6, 6.07) is 16.3. The number of rotatable bonds is 4. The highest BCUT2D eigenvalue weighted by Gasteiger charge is 2.19. The minimum atomic E-state index is -0.336. The second kappa shape index (κ2) is 7.64. The summed E-state index contributed by atoms with van der Waals surface area (Å²) in [4.78, 5) is 12.7. The van der Waals surface area contributed by atoms with Crippen LogP contribution in [0.15, 0.2) is 83.5 Å². The van der Waals surface area contributed by atoms with Crippen LogP contribution < -0.4 is 0 Å². The quantitative estimate of drug-likeness (QED) is 0.391. The number of pyridine rings is 1. The van der Waals surface area contributed by atoms with Crippen LogP contribution in [-0.2, 0) is 0 Å². The molecule has 0 unspecified atom stereocenters. The van der Waals surface area contributed by atoms with Crippen molar-refractivity contribution in [3.63, 3.8) is 0 Å². The number of aryl methyl sites for hydroxylation is 1. The summed E-state index contributed by atoms with van der Waals surface area (Å²) in [7, 11) is 0. The number of nitrogens with zero attached hydrogens (tertiary/aromatic N) is 6. The molecular formula is C22H15FN6S. The van der Waals surface area contributed by atoms with E-state index >= 15 is 0 Å². The average Bonchev–Trinajstić information content (AvgIpc) is 3.18. The number of hydrogen-bond donors (Lipinski definition) is 0. The van der Waals surface area contributed by atoms with Gasteiger partial charge in [-0.1, -0.05) is 18.2 Å². The van der Waals surface area contributed by atoms with Crippen molar-refractivity contribution in [3.05, 3.63) is 84.7 Å². The summed E-state index contributed by atoms with van der Waals surface area (Å²) in [6.45, 7) is 2.04. The minimum Gasteiger partial charge on any atom is -0.269 e. The van der Waals surface area contributed by atoms with Crippen molar-refractivity contribution < 1.29 is 4.39 Å². The van der Waals surface area contributed by atoms with Crippen LogP contribution in [0, 0.1) is 12.7 Å². The lowest BCUT2D eigenvalue weighted by Gasteiger charge is -2.13. The normalized spacial score (nSPS) is 11.1. The Labute approximate surface area is 175 Å². The van der Waals surface area contributed by atoms with Crippen molar-refractivity contribution in [2.24, 2.45) is 0 Å². The van der Waals surface area contributed by atoms with Crippen LogP contribution in [0.4, 0.5) is 4.39 Å². The second-order valence-electron chi connectivity index (χ2n) is 6.61. The lowest BCUT2D eigenvalue weighted by atomic mass is 10.2. The van der Waals surface area contributed by atoms with E-state index in [1.165, 1.54) is 30.2 Å². The molecule has 0 fully saturated rings. The van der Waals surface area contributed by atoms with Crippen LogP contribution in [0.1, 0.15) is 5.56 Å². The number of para-hydroxylation sites is 1. The summed E-state index contributed by atoms with van der Waals surface area (Å²) >= 11 is 1.33. The number of aromatic nitrogens is 6. The molecule has 0 atom stereocenters. The van der Waals surface area contributed by atoms with Gasteiger partial charge in [-0.3, -0.25) is 9.55 Å². The van der Waals surface area contributed by atoms with Crippen LogP contribution in [0.3, 0.4) is 0 Å². The highest BCUT2D eigenvalue weighted by molar-refractivity contribution is 7.99. The molecule has 5 aromatic rings. The molecule has 8 heteroatoms. The Morgan fingerprint density at radius 2 is 1.77 bits per heavy atom. The predicted molar refractivity (Wildman–Crippen MR) is 113 cm³/mol. The Bertz CT molecular complexity index is 1350. The average molecular weight is 414 g/mol. The first-order valence-electron chi connectivity index (χ1n) is 9.20. The van der Waals surface area contributed by atoms with E-state index in [1.54, 1.807) is 18.5 Å². The highest BCUT2D eigenvalue weighted by Crippen LogP contribution is 2.35. The number of halogens is 1. The summed E-state index contributed by atoms with van der Waals surface area (Å²) < 4.78 is 15.9. The molecule has 0 radical (unpaired) electrons. The Morgan fingerprint density at radius 3 is 2.60 bits per heavy atom. The second-order valence-corrected chi connectivity index (χ2v) is 7.56. The van der Waals surface area contributed by atoms with E-state index in [9.17, 15) is 4.39 Å². The van der Waals surface area contributed by atoms with Gasteiger partial charge in [-0.15, -0.1) is 10.2 Å². The topological polar surface area (TPSA) is 69.4 Å². The zero-order valence-electron chi connectivity index (χ0n) is 15.9. The zero-order valence-corrected chi connectivity index (χ0v) is 16.7. The lowest BCUT2D eigenvalue weighted by molar-refractivity contribution is 0.629. The first kappa shape index (κ1) is 18.4. The maximum absolute atomic E-state index is 13.9. The molecule has 6 nitrogen and oxygen atoms in total. The maximum Gasteiger partial charge on any atom is 0.202 e. The van der Waals surface area contributed by atoms with Gasteiger partial charge in [0, 0.05) is 23.3 Å². The SMILES string of the molecule is Cc1ccccc1-n1c(Sc2ncnc3ccc(F)cc23)nnc1-c1ccncc1. The fourth-order valence-electron chi connectivity index (χ4n) is 3.23. The zero-order chi connectivity index (χ0) is 20.5. The molecule has 146 valence electrons. The molecule has 0 N–H and O–H groups in total.